The molecule has 0 aliphatic carbocycles. The van der Waals surface area contributed by atoms with Crippen LogP contribution in [-0.4, -0.2) is 39.8 Å². The lowest BCUT2D eigenvalue weighted by atomic mass is 10.1. The zero-order valence-electron chi connectivity index (χ0n) is 8.36. The number of pyridine rings is 1. The largest absolute Gasteiger partial charge is 0.394 e. The second-order valence-electron chi connectivity index (χ2n) is 3.63. The molecule has 2 N–H and O–H groups in total. The first-order chi connectivity index (χ1) is 7.65. The minimum absolute atomic E-state index is 0.416. The first kappa shape index (κ1) is 11.3. The summed E-state index contributed by atoms with van der Waals surface area (Å²) in [4.78, 5) is 11.4. The van der Waals surface area contributed by atoms with E-state index in [0.29, 0.717) is 0 Å². The molecule has 0 amide bonds. The summed E-state index contributed by atoms with van der Waals surface area (Å²) >= 11 is 0. The molecule has 88 valence electrons. The van der Waals surface area contributed by atoms with Crippen LogP contribution in [0.4, 0.5) is 4.39 Å². The van der Waals surface area contributed by atoms with Gasteiger partial charge in [0.05, 0.1) is 6.61 Å². The average Bonchev–Trinajstić information content (AvgIpc) is 2.57. The van der Waals surface area contributed by atoms with Crippen molar-refractivity contribution in [1.29, 1.82) is 0 Å². The topological polar surface area (TPSA) is 71.7 Å². The van der Waals surface area contributed by atoms with Crippen LogP contribution in [0.1, 0.15) is 6.23 Å². The van der Waals surface area contributed by atoms with Crippen LogP contribution in [0.2, 0.25) is 0 Å². The van der Waals surface area contributed by atoms with Crippen molar-refractivity contribution in [2.75, 3.05) is 6.61 Å². The number of nitrogens with zero attached hydrogens (tertiary/aromatic N) is 1. The van der Waals surface area contributed by atoms with Crippen molar-refractivity contribution in [2.45, 2.75) is 24.6 Å². The molecule has 0 radical (unpaired) electrons. The van der Waals surface area contributed by atoms with E-state index in [-0.39, 0.29) is 0 Å². The Kier molecular flexibility index (Phi) is 3.04. The molecule has 4 atom stereocenters. The van der Waals surface area contributed by atoms with Crippen LogP contribution in [0.5, 0.6) is 0 Å². The van der Waals surface area contributed by atoms with Crippen LogP contribution >= 0.6 is 0 Å². The Balaban J connectivity index is 2.30. The Morgan fingerprint density at radius 2 is 2.25 bits per heavy atom. The van der Waals surface area contributed by atoms with Crippen LogP contribution in [0, 0.1) is 0 Å². The molecule has 5 nitrogen and oxygen atoms in total. The molecular formula is C10H12FNO4. The Morgan fingerprint density at radius 3 is 2.81 bits per heavy atom. The standard InChI is InChI=1S/C10H12FNO4/c11-8-9(15)6(5-13)16-10(8)12-4-2-1-3-7(12)14/h1-4,6,8-10,13,15H,5H2/t6-,8-,9-,10-/m1/s1. The van der Waals surface area contributed by atoms with E-state index in [1.54, 1.807) is 6.07 Å². The van der Waals surface area contributed by atoms with Crippen molar-refractivity contribution in [3.05, 3.63) is 34.7 Å². The van der Waals surface area contributed by atoms with Gasteiger partial charge in [0, 0.05) is 12.3 Å². The number of aliphatic hydroxyl groups is 2. The lowest BCUT2D eigenvalue weighted by molar-refractivity contribution is -0.0486. The van der Waals surface area contributed by atoms with Crippen molar-refractivity contribution in [2.24, 2.45) is 0 Å². The fraction of sp³-hybridized carbons (Fsp3) is 0.500. The molecule has 1 aromatic rings. The summed E-state index contributed by atoms with van der Waals surface area (Å²) in [5.41, 5.74) is -0.416. The summed E-state index contributed by atoms with van der Waals surface area (Å²) < 4.78 is 19.8. The number of aromatic nitrogens is 1. The van der Waals surface area contributed by atoms with Gasteiger partial charge in [-0.05, 0) is 6.07 Å². The maximum absolute atomic E-state index is 13.6. The Morgan fingerprint density at radius 1 is 1.50 bits per heavy atom. The summed E-state index contributed by atoms with van der Waals surface area (Å²) in [5.74, 6) is 0. The highest BCUT2D eigenvalue weighted by molar-refractivity contribution is 4.98. The summed E-state index contributed by atoms with van der Waals surface area (Å²) in [6.45, 7) is -0.486. The molecule has 2 heterocycles. The minimum atomic E-state index is -1.72. The minimum Gasteiger partial charge on any atom is -0.394 e. The SMILES string of the molecule is O=c1ccccn1[C@@H]1O[C@H](CO)[C@@H](O)[C@H]1F. The molecule has 6 heteroatoms. The monoisotopic (exact) mass is 229 g/mol. The molecule has 1 saturated heterocycles. The lowest BCUT2D eigenvalue weighted by Crippen LogP contribution is -2.32. The van der Waals surface area contributed by atoms with Gasteiger partial charge >= 0.3 is 0 Å². The number of aliphatic hydroxyl groups excluding tert-OH is 2. The molecule has 1 fully saturated rings. The Hall–Kier alpha value is -1.24. The summed E-state index contributed by atoms with van der Waals surface area (Å²) in [6, 6.07) is 4.37. The van der Waals surface area contributed by atoms with E-state index in [9.17, 15) is 14.3 Å². The molecule has 2 rings (SSSR count). The number of halogens is 1. The van der Waals surface area contributed by atoms with Crippen molar-refractivity contribution in [1.82, 2.24) is 4.57 Å². The van der Waals surface area contributed by atoms with Gasteiger partial charge in [0.1, 0.15) is 12.2 Å². The highest BCUT2D eigenvalue weighted by Crippen LogP contribution is 2.30. The van der Waals surface area contributed by atoms with Gasteiger partial charge in [-0.3, -0.25) is 9.36 Å². The van der Waals surface area contributed by atoms with Crippen LogP contribution in [0.25, 0.3) is 0 Å². The molecule has 1 aliphatic heterocycles. The van der Waals surface area contributed by atoms with E-state index >= 15 is 0 Å². The van der Waals surface area contributed by atoms with Crippen LogP contribution < -0.4 is 5.56 Å². The van der Waals surface area contributed by atoms with E-state index in [0.717, 1.165) is 4.57 Å². The van der Waals surface area contributed by atoms with Gasteiger partial charge in [-0.2, -0.15) is 0 Å². The van der Waals surface area contributed by atoms with Gasteiger partial charge in [0.15, 0.2) is 12.4 Å². The quantitative estimate of drug-likeness (QED) is 0.713. The van der Waals surface area contributed by atoms with Gasteiger partial charge in [-0.15, -0.1) is 0 Å². The smallest absolute Gasteiger partial charge is 0.252 e. The van der Waals surface area contributed by atoms with Crippen LogP contribution in [0.15, 0.2) is 29.2 Å². The highest BCUT2D eigenvalue weighted by Gasteiger charge is 2.44. The van der Waals surface area contributed by atoms with Crippen molar-refractivity contribution in [3.63, 3.8) is 0 Å². The molecule has 0 unspecified atom stereocenters. The molecule has 0 saturated carbocycles. The van der Waals surface area contributed by atoms with E-state index in [4.69, 9.17) is 9.84 Å². The van der Waals surface area contributed by atoms with E-state index in [1.165, 1.54) is 18.3 Å². The fourth-order valence-corrected chi connectivity index (χ4v) is 1.73. The first-order valence-corrected chi connectivity index (χ1v) is 4.91. The second kappa shape index (κ2) is 4.32. The summed E-state index contributed by atoms with van der Waals surface area (Å²) in [5, 5.41) is 18.3. The predicted molar refractivity (Wildman–Crippen MR) is 52.6 cm³/mol. The van der Waals surface area contributed by atoms with Crippen LogP contribution in [-0.2, 0) is 4.74 Å². The maximum atomic E-state index is 13.6. The fourth-order valence-electron chi connectivity index (χ4n) is 1.73. The number of hydrogen-bond donors (Lipinski definition) is 2. The third-order valence-corrected chi connectivity index (χ3v) is 2.60. The highest BCUT2D eigenvalue weighted by atomic mass is 19.1. The third-order valence-electron chi connectivity index (χ3n) is 2.60. The van der Waals surface area contributed by atoms with Crippen molar-refractivity contribution in [3.8, 4) is 0 Å². The van der Waals surface area contributed by atoms with E-state index in [1.807, 2.05) is 0 Å². The predicted octanol–water partition coefficient (Wildman–Crippen LogP) is -0.563. The molecule has 1 aliphatic rings. The lowest BCUT2D eigenvalue weighted by Gasteiger charge is -2.15. The summed E-state index contributed by atoms with van der Waals surface area (Å²) in [6.07, 6.45) is -3.93. The van der Waals surface area contributed by atoms with E-state index in [2.05, 4.69) is 0 Å². The zero-order chi connectivity index (χ0) is 11.7. The van der Waals surface area contributed by atoms with E-state index < -0.39 is 36.8 Å². The second-order valence-corrected chi connectivity index (χ2v) is 3.63. The van der Waals surface area contributed by atoms with Gasteiger partial charge in [0.25, 0.3) is 5.56 Å². The molecule has 1 aromatic heterocycles. The van der Waals surface area contributed by atoms with Gasteiger partial charge < -0.3 is 14.9 Å². The van der Waals surface area contributed by atoms with Gasteiger partial charge in [-0.1, -0.05) is 6.07 Å². The van der Waals surface area contributed by atoms with Crippen molar-refractivity contribution < 1.29 is 19.3 Å². The Bertz CT molecular complexity index is 421. The maximum Gasteiger partial charge on any atom is 0.252 e. The van der Waals surface area contributed by atoms with Crippen LogP contribution in [0.3, 0.4) is 0 Å². The summed E-state index contributed by atoms with van der Waals surface area (Å²) in [7, 11) is 0. The number of rotatable bonds is 2. The normalized spacial score (nSPS) is 34.2. The number of alkyl halides is 1. The van der Waals surface area contributed by atoms with Gasteiger partial charge in [0.2, 0.25) is 0 Å². The van der Waals surface area contributed by atoms with Gasteiger partial charge in [-0.25, -0.2) is 4.39 Å². The zero-order valence-corrected chi connectivity index (χ0v) is 8.36. The average molecular weight is 229 g/mol. The number of ether oxygens (including phenoxy) is 1. The Labute approximate surface area is 90.7 Å². The number of hydrogen-bond acceptors (Lipinski definition) is 4. The molecule has 0 spiro atoms. The third kappa shape index (κ3) is 1.75. The first-order valence-electron chi connectivity index (χ1n) is 4.91. The van der Waals surface area contributed by atoms with Crippen molar-refractivity contribution >= 4 is 0 Å². The molecule has 0 bridgehead atoms. The molecule has 0 aromatic carbocycles. The molecule has 16 heavy (non-hydrogen) atoms. The molecular weight excluding hydrogens is 217 g/mol.